The first-order valence-corrected chi connectivity index (χ1v) is 12.6. The standard InChI is InChI=1S/C22H24BrN3O3S/c23-19-14-17-8-9-26(22(27)16-6-7-16)20(17)15-21(19)30(28,29)25-12-10-24(11-13-25)18-4-2-1-3-5-18/h1-5,14-16H,6-13H2. The van der Waals surface area contributed by atoms with E-state index in [0.717, 1.165) is 36.2 Å². The number of sulfonamides is 1. The quantitative estimate of drug-likeness (QED) is 0.661. The molecule has 0 radical (unpaired) electrons. The second-order valence-corrected chi connectivity index (χ2v) is 10.9. The monoisotopic (exact) mass is 489 g/mol. The van der Waals surface area contributed by atoms with Crippen molar-refractivity contribution in [3.05, 3.63) is 52.5 Å². The van der Waals surface area contributed by atoms with E-state index in [1.807, 2.05) is 36.4 Å². The van der Waals surface area contributed by atoms with Gasteiger partial charge in [-0.3, -0.25) is 4.79 Å². The summed E-state index contributed by atoms with van der Waals surface area (Å²) in [5.74, 6) is 0.251. The maximum atomic E-state index is 13.4. The fourth-order valence-corrected chi connectivity index (χ4v) is 6.82. The molecule has 0 atom stereocenters. The molecule has 30 heavy (non-hydrogen) atoms. The Hall–Kier alpha value is -1.90. The molecule has 0 N–H and O–H groups in total. The maximum absolute atomic E-state index is 13.4. The number of hydrogen-bond acceptors (Lipinski definition) is 4. The Morgan fingerprint density at radius 2 is 1.67 bits per heavy atom. The van der Waals surface area contributed by atoms with Crippen LogP contribution in [-0.4, -0.2) is 51.4 Å². The van der Waals surface area contributed by atoms with Gasteiger partial charge in [-0.25, -0.2) is 8.42 Å². The highest BCUT2D eigenvalue weighted by molar-refractivity contribution is 9.10. The highest BCUT2D eigenvalue weighted by Crippen LogP contribution is 2.40. The predicted molar refractivity (Wildman–Crippen MR) is 120 cm³/mol. The zero-order valence-corrected chi connectivity index (χ0v) is 19.0. The normalized spacial score (nSPS) is 19.8. The Morgan fingerprint density at radius 1 is 0.967 bits per heavy atom. The predicted octanol–water partition coefficient (Wildman–Crippen LogP) is 3.26. The van der Waals surface area contributed by atoms with Crippen LogP contribution in [-0.2, 0) is 21.2 Å². The molecule has 5 rings (SSSR count). The zero-order chi connectivity index (χ0) is 20.9. The Kier molecular flexibility index (Phi) is 5.11. The van der Waals surface area contributed by atoms with Gasteiger partial charge in [-0.1, -0.05) is 18.2 Å². The molecular weight excluding hydrogens is 466 g/mol. The van der Waals surface area contributed by atoms with E-state index in [1.54, 1.807) is 15.3 Å². The van der Waals surface area contributed by atoms with Crippen LogP contribution in [0.3, 0.4) is 0 Å². The molecule has 0 aromatic heterocycles. The fourth-order valence-electron chi connectivity index (χ4n) is 4.33. The van der Waals surface area contributed by atoms with Gasteiger partial charge in [0.05, 0.1) is 4.90 Å². The first-order chi connectivity index (χ1) is 14.4. The number of carbonyl (C=O) groups excluding carboxylic acids is 1. The molecule has 2 fully saturated rings. The summed E-state index contributed by atoms with van der Waals surface area (Å²) in [5.41, 5.74) is 2.91. The molecule has 0 spiro atoms. The van der Waals surface area contributed by atoms with Crippen molar-refractivity contribution in [3.8, 4) is 0 Å². The lowest BCUT2D eigenvalue weighted by atomic mass is 10.2. The third-order valence-electron chi connectivity index (χ3n) is 6.20. The molecule has 1 aliphatic carbocycles. The highest BCUT2D eigenvalue weighted by atomic mass is 79.9. The van der Waals surface area contributed by atoms with Crippen molar-refractivity contribution in [1.29, 1.82) is 0 Å². The van der Waals surface area contributed by atoms with Crippen LogP contribution in [0.25, 0.3) is 0 Å². The van der Waals surface area contributed by atoms with E-state index in [1.165, 1.54) is 0 Å². The number of hydrogen-bond donors (Lipinski definition) is 0. The van der Waals surface area contributed by atoms with Gasteiger partial charge in [0, 0.05) is 54.5 Å². The molecule has 1 amide bonds. The van der Waals surface area contributed by atoms with Crippen molar-refractivity contribution in [1.82, 2.24) is 4.31 Å². The molecule has 158 valence electrons. The maximum Gasteiger partial charge on any atom is 0.244 e. The zero-order valence-electron chi connectivity index (χ0n) is 16.6. The van der Waals surface area contributed by atoms with Crippen molar-refractivity contribution in [3.63, 3.8) is 0 Å². The minimum atomic E-state index is -3.65. The van der Waals surface area contributed by atoms with Crippen LogP contribution in [0, 0.1) is 5.92 Å². The van der Waals surface area contributed by atoms with Crippen molar-refractivity contribution < 1.29 is 13.2 Å². The van der Waals surface area contributed by atoms with Gasteiger partial charge in [0.25, 0.3) is 0 Å². The van der Waals surface area contributed by atoms with Gasteiger partial charge in [0.1, 0.15) is 0 Å². The Bertz CT molecular complexity index is 1080. The number of nitrogens with zero attached hydrogens (tertiary/aromatic N) is 3. The lowest BCUT2D eigenvalue weighted by Crippen LogP contribution is -2.48. The number of para-hydroxylation sites is 1. The van der Waals surface area contributed by atoms with Gasteiger partial charge >= 0.3 is 0 Å². The summed E-state index contributed by atoms with van der Waals surface area (Å²) in [5, 5.41) is 0. The van der Waals surface area contributed by atoms with Crippen molar-refractivity contribution in [2.24, 2.45) is 5.92 Å². The average molecular weight is 490 g/mol. The van der Waals surface area contributed by atoms with Crippen LogP contribution in [0.5, 0.6) is 0 Å². The average Bonchev–Trinajstić information content (AvgIpc) is 3.53. The minimum Gasteiger partial charge on any atom is -0.369 e. The molecule has 0 bridgehead atoms. The number of fused-ring (bicyclic) bond motifs is 1. The van der Waals surface area contributed by atoms with Crippen molar-refractivity contribution >= 4 is 43.2 Å². The first-order valence-electron chi connectivity index (χ1n) is 10.4. The van der Waals surface area contributed by atoms with Crippen LogP contribution in [0.4, 0.5) is 11.4 Å². The summed E-state index contributed by atoms with van der Waals surface area (Å²) in [6, 6.07) is 13.6. The summed E-state index contributed by atoms with van der Waals surface area (Å²) in [6.45, 7) is 2.81. The van der Waals surface area contributed by atoms with E-state index >= 15 is 0 Å². The van der Waals surface area contributed by atoms with Crippen LogP contribution in [0.2, 0.25) is 0 Å². The van der Waals surface area contributed by atoms with E-state index in [-0.39, 0.29) is 16.7 Å². The summed E-state index contributed by atoms with van der Waals surface area (Å²) >= 11 is 3.48. The molecule has 3 aliphatic rings. The second kappa shape index (κ2) is 7.66. The van der Waals surface area contributed by atoms with Gasteiger partial charge in [-0.15, -0.1) is 0 Å². The van der Waals surface area contributed by atoms with Crippen LogP contribution in [0.15, 0.2) is 51.8 Å². The van der Waals surface area contributed by atoms with Crippen LogP contribution >= 0.6 is 15.9 Å². The summed E-state index contributed by atoms with van der Waals surface area (Å²) < 4.78 is 29.0. The third-order valence-corrected chi connectivity index (χ3v) is 9.06. The van der Waals surface area contributed by atoms with E-state index in [9.17, 15) is 13.2 Å². The molecule has 8 heteroatoms. The lowest BCUT2D eigenvalue weighted by Gasteiger charge is -2.35. The number of halogens is 1. The lowest BCUT2D eigenvalue weighted by molar-refractivity contribution is -0.119. The third kappa shape index (κ3) is 3.55. The van der Waals surface area contributed by atoms with Gasteiger partial charge in [-0.2, -0.15) is 4.31 Å². The van der Waals surface area contributed by atoms with E-state index < -0.39 is 10.0 Å². The van der Waals surface area contributed by atoms with Gasteiger partial charge < -0.3 is 9.80 Å². The Labute approximate surface area is 185 Å². The molecule has 1 saturated heterocycles. The van der Waals surface area contributed by atoms with E-state index in [2.05, 4.69) is 20.8 Å². The number of benzene rings is 2. The van der Waals surface area contributed by atoms with Crippen molar-refractivity contribution in [2.75, 3.05) is 42.5 Å². The molecule has 2 heterocycles. The van der Waals surface area contributed by atoms with E-state index in [4.69, 9.17) is 0 Å². The summed E-state index contributed by atoms with van der Waals surface area (Å²) in [4.78, 5) is 16.9. The minimum absolute atomic E-state index is 0.116. The molecular formula is C22H24BrN3O3S. The number of anilines is 2. The second-order valence-electron chi connectivity index (χ2n) is 8.15. The molecule has 2 aromatic rings. The summed E-state index contributed by atoms with van der Waals surface area (Å²) in [6.07, 6.45) is 2.65. The molecule has 1 saturated carbocycles. The Morgan fingerprint density at radius 3 is 2.33 bits per heavy atom. The number of amides is 1. The number of carbonyl (C=O) groups is 1. The van der Waals surface area contributed by atoms with Gasteiger partial charge in [0.2, 0.25) is 15.9 Å². The van der Waals surface area contributed by atoms with Crippen molar-refractivity contribution in [2.45, 2.75) is 24.2 Å². The summed E-state index contributed by atoms with van der Waals surface area (Å²) in [7, 11) is -3.65. The van der Waals surface area contributed by atoms with Gasteiger partial charge in [0.15, 0.2) is 0 Å². The Balaban J connectivity index is 1.38. The van der Waals surface area contributed by atoms with E-state index in [0.29, 0.717) is 37.2 Å². The topological polar surface area (TPSA) is 60.9 Å². The van der Waals surface area contributed by atoms with Crippen LogP contribution < -0.4 is 9.80 Å². The first kappa shape index (κ1) is 20.0. The molecule has 6 nitrogen and oxygen atoms in total. The smallest absolute Gasteiger partial charge is 0.244 e. The molecule has 0 unspecified atom stereocenters. The fraction of sp³-hybridized carbons (Fsp3) is 0.409. The number of piperazine rings is 1. The number of rotatable bonds is 4. The molecule has 2 aliphatic heterocycles. The SMILES string of the molecule is O=C(C1CC1)N1CCc2cc(Br)c(S(=O)(=O)N3CCN(c4ccccc4)CC3)cc21. The van der Waals surface area contributed by atoms with Crippen LogP contribution in [0.1, 0.15) is 18.4 Å². The largest absolute Gasteiger partial charge is 0.369 e. The molecule has 2 aromatic carbocycles. The highest BCUT2D eigenvalue weighted by Gasteiger charge is 2.38. The van der Waals surface area contributed by atoms with Gasteiger partial charge in [-0.05, 0) is 65.0 Å².